The minimum Gasteiger partial charge on any atom is -0.351 e. The zero-order valence-electron chi connectivity index (χ0n) is 13.3. The molecule has 0 unspecified atom stereocenters. The third-order valence-electron chi connectivity index (χ3n) is 3.73. The van der Waals surface area contributed by atoms with E-state index >= 15 is 0 Å². The molecule has 0 aliphatic rings. The third kappa shape index (κ3) is 3.77. The van der Waals surface area contributed by atoms with Gasteiger partial charge >= 0.3 is 0 Å². The number of aryl methyl sites for hydroxylation is 2. The van der Waals surface area contributed by atoms with Crippen LogP contribution in [-0.4, -0.2) is 23.2 Å². The number of thioether (sulfide) groups is 1. The summed E-state index contributed by atoms with van der Waals surface area (Å²) in [5.74, 6) is 0.806. The molecule has 0 aliphatic carbocycles. The van der Waals surface area contributed by atoms with Crippen LogP contribution in [0.15, 0.2) is 53.4 Å². The number of carbonyl (C=O) groups excluding carboxylic acids is 1. The van der Waals surface area contributed by atoms with Crippen LogP contribution >= 0.6 is 11.8 Å². The predicted octanol–water partition coefficient (Wildman–Crippen LogP) is 4.31. The molecule has 1 aromatic heterocycles. The zero-order valence-corrected chi connectivity index (χ0v) is 14.2. The van der Waals surface area contributed by atoms with E-state index in [9.17, 15) is 4.79 Å². The number of H-pyrrole nitrogens is 1. The van der Waals surface area contributed by atoms with Gasteiger partial charge in [0.1, 0.15) is 5.69 Å². The first-order chi connectivity index (χ1) is 11.1. The molecule has 2 aromatic carbocycles. The van der Waals surface area contributed by atoms with Gasteiger partial charge in [0.25, 0.3) is 5.91 Å². The van der Waals surface area contributed by atoms with Crippen LogP contribution in [-0.2, 0) is 0 Å². The summed E-state index contributed by atoms with van der Waals surface area (Å²) >= 11 is 1.74. The molecule has 0 radical (unpaired) electrons. The number of fused-ring (bicyclic) bond motifs is 1. The minimum atomic E-state index is -0.0492. The van der Waals surface area contributed by atoms with Crippen LogP contribution in [0.3, 0.4) is 0 Å². The molecule has 0 spiro atoms. The normalized spacial score (nSPS) is 10.9. The van der Waals surface area contributed by atoms with Crippen molar-refractivity contribution in [3.63, 3.8) is 0 Å². The van der Waals surface area contributed by atoms with Gasteiger partial charge in [-0.05, 0) is 49.2 Å². The first-order valence-corrected chi connectivity index (χ1v) is 8.68. The van der Waals surface area contributed by atoms with Crippen molar-refractivity contribution in [3.8, 4) is 0 Å². The summed E-state index contributed by atoms with van der Waals surface area (Å²) in [6.07, 6.45) is 0. The lowest BCUT2D eigenvalue weighted by Gasteiger charge is -2.03. The van der Waals surface area contributed by atoms with Gasteiger partial charge in [-0.15, -0.1) is 11.8 Å². The molecule has 2 N–H and O–H groups in total. The number of rotatable bonds is 5. The molecule has 0 fully saturated rings. The number of hydrogen-bond donors (Lipinski definition) is 2. The van der Waals surface area contributed by atoms with Crippen LogP contribution < -0.4 is 5.32 Å². The lowest BCUT2D eigenvalue weighted by atomic mass is 10.1. The standard InChI is InChI=1S/C19H20N2OS/c1-13-10-14(2)16-12-18(21-17(16)11-13)19(22)20-8-9-23-15-6-4-3-5-7-15/h3-7,10-12,21H,8-9H2,1-2H3,(H,20,22). The average molecular weight is 324 g/mol. The molecule has 3 rings (SSSR count). The Labute approximate surface area is 140 Å². The van der Waals surface area contributed by atoms with E-state index in [1.165, 1.54) is 16.0 Å². The molecular formula is C19H20N2OS. The number of nitrogens with one attached hydrogen (secondary N) is 2. The van der Waals surface area contributed by atoms with Crippen molar-refractivity contribution >= 4 is 28.6 Å². The summed E-state index contributed by atoms with van der Waals surface area (Å²) < 4.78 is 0. The van der Waals surface area contributed by atoms with E-state index in [4.69, 9.17) is 0 Å². The van der Waals surface area contributed by atoms with Crippen molar-refractivity contribution in [1.82, 2.24) is 10.3 Å². The Balaban J connectivity index is 1.59. The van der Waals surface area contributed by atoms with Crippen LogP contribution in [0.1, 0.15) is 21.6 Å². The molecule has 3 aromatic rings. The third-order valence-corrected chi connectivity index (χ3v) is 4.75. The van der Waals surface area contributed by atoms with Gasteiger partial charge in [0.05, 0.1) is 0 Å². The van der Waals surface area contributed by atoms with Gasteiger partial charge in [-0.1, -0.05) is 24.3 Å². The van der Waals surface area contributed by atoms with Gasteiger partial charge in [-0.3, -0.25) is 4.79 Å². The lowest BCUT2D eigenvalue weighted by molar-refractivity contribution is 0.0952. The number of carbonyl (C=O) groups is 1. The molecule has 4 heteroatoms. The summed E-state index contributed by atoms with van der Waals surface area (Å²) in [6, 6.07) is 16.4. The van der Waals surface area contributed by atoms with Gasteiger partial charge in [0.15, 0.2) is 0 Å². The highest BCUT2D eigenvalue weighted by Gasteiger charge is 2.10. The van der Waals surface area contributed by atoms with E-state index in [1.54, 1.807) is 11.8 Å². The molecule has 3 nitrogen and oxygen atoms in total. The maximum atomic E-state index is 12.3. The average Bonchev–Trinajstić information content (AvgIpc) is 2.97. The monoisotopic (exact) mass is 324 g/mol. The van der Waals surface area contributed by atoms with E-state index < -0.39 is 0 Å². The van der Waals surface area contributed by atoms with Crippen molar-refractivity contribution < 1.29 is 4.79 Å². The summed E-state index contributed by atoms with van der Waals surface area (Å²) in [6.45, 7) is 4.78. The molecule has 23 heavy (non-hydrogen) atoms. The molecule has 0 saturated heterocycles. The molecule has 1 heterocycles. The Hall–Kier alpha value is -2.20. The van der Waals surface area contributed by atoms with Gasteiger partial charge in [-0.2, -0.15) is 0 Å². The summed E-state index contributed by atoms with van der Waals surface area (Å²) in [4.78, 5) is 16.7. The molecule has 1 amide bonds. The predicted molar refractivity (Wildman–Crippen MR) is 97.3 cm³/mol. The second kappa shape index (κ2) is 6.92. The Kier molecular flexibility index (Phi) is 4.72. The Bertz CT molecular complexity index is 824. The van der Waals surface area contributed by atoms with E-state index in [0.717, 1.165) is 16.7 Å². The maximum absolute atomic E-state index is 12.3. The highest BCUT2D eigenvalue weighted by atomic mass is 32.2. The number of benzene rings is 2. The largest absolute Gasteiger partial charge is 0.351 e. The highest BCUT2D eigenvalue weighted by molar-refractivity contribution is 7.99. The zero-order chi connectivity index (χ0) is 16.2. The molecular weight excluding hydrogens is 304 g/mol. The molecule has 0 aliphatic heterocycles. The molecule has 0 saturated carbocycles. The fourth-order valence-electron chi connectivity index (χ4n) is 2.67. The molecule has 0 atom stereocenters. The topological polar surface area (TPSA) is 44.9 Å². The maximum Gasteiger partial charge on any atom is 0.267 e. The fourth-order valence-corrected chi connectivity index (χ4v) is 3.46. The second-order valence-corrected chi connectivity index (χ2v) is 6.81. The SMILES string of the molecule is Cc1cc(C)c2cc(C(=O)NCCSc3ccccc3)[nH]c2c1. The first-order valence-electron chi connectivity index (χ1n) is 7.69. The van der Waals surface area contributed by atoms with Gasteiger partial charge in [-0.25, -0.2) is 0 Å². The van der Waals surface area contributed by atoms with E-state index in [1.807, 2.05) is 24.3 Å². The molecule has 118 valence electrons. The second-order valence-electron chi connectivity index (χ2n) is 5.64. The van der Waals surface area contributed by atoms with Gasteiger partial charge < -0.3 is 10.3 Å². The van der Waals surface area contributed by atoms with Gasteiger partial charge in [0, 0.05) is 28.1 Å². The number of aromatic amines is 1. The summed E-state index contributed by atoms with van der Waals surface area (Å²) in [7, 11) is 0. The van der Waals surface area contributed by atoms with Crippen LogP contribution in [0.4, 0.5) is 0 Å². The van der Waals surface area contributed by atoms with Crippen molar-refractivity contribution in [2.75, 3.05) is 12.3 Å². The summed E-state index contributed by atoms with van der Waals surface area (Å²) in [5, 5.41) is 4.08. The number of hydrogen-bond acceptors (Lipinski definition) is 2. The Morgan fingerprint density at radius 3 is 2.70 bits per heavy atom. The van der Waals surface area contributed by atoms with Crippen molar-refractivity contribution in [2.24, 2.45) is 0 Å². The lowest BCUT2D eigenvalue weighted by Crippen LogP contribution is -2.25. The van der Waals surface area contributed by atoms with Crippen molar-refractivity contribution in [2.45, 2.75) is 18.7 Å². The fraction of sp³-hybridized carbons (Fsp3) is 0.211. The first kappa shape index (κ1) is 15.7. The quantitative estimate of drug-likeness (QED) is 0.543. The van der Waals surface area contributed by atoms with E-state index in [2.05, 4.69) is 48.4 Å². The number of amides is 1. The minimum absolute atomic E-state index is 0.0492. The van der Waals surface area contributed by atoms with E-state index in [0.29, 0.717) is 12.2 Å². The van der Waals surface area contributed by atoms with Crippen LogP contribution in [0.5, 0.6) is 0 Å². The molecule has 0 bridgehead atoms. The smallest absolute Gasteiger partial charge is 0.267 e. The Morgan fingerprint density at radius 1 is 1.13 bits per heavy atom. The number of aromatic nitrogens is 1. The Morgan fingerprint density at radius 2 is 1.91 bits per heavy atom. The van der Waals surface area contributed by atoms with Crippen molar-refractivity contribution in [1.29, 1.82) is 0 Å². The van der Waals surface area contributed by atoms with Gasteiger partial charge in [0.2, 0.25) is 0 Å². The van der Waals surface area contributed by atoms with Crippen LogP contribution in [0.25, 0.3) is 10.9 Å². The van der Waals surface area contributed by atoms with Crippen LogP contribution in [0, 0.1) is 13.8 Å². The van der Waals surface area contributed by atoms with Crippen molar-refractivity contribution in [3.05, 3.63) is 65.4 Å². The van der Waals surface area contributed by atoms with Crippen LogP contribution in [0.2, 0.25) is 0 Å². The highest BCUT2D eigenvalue weighted by Crippen LogP contribution is 2.21. The van der Waals surface area contributed by atoms with E-state index in [-0.39, 0.29) is 5.91 Å². The summed E-state index contributed by atoms with van der Waals surface area (Å²) in [5.41, 5.74) is 4.03.